The molecule has 0 radical (unpaired) electrons. The number of amides is 1. The molecular formula is C17H34N2O2. The van der Waals surface area contributed by atoms with E-state index in [1.54, 1.807) is 0 Å². The number of ether oxygens (including phenoxy) is 1. The average molecular weight is 298 g/mol. The quantitative estimate of drug-likeness (QED) is 0.735. The van der Waals surface area contributed by atoms with E-state index in [9.17, 15) is 4.79 Å². The molecule has 1 atom stereocenters. The van der Waals surface area contributed by atoms with Gasteiger partial charge in [0.05, 0.1) is 19.3 Å². The lowest BCUT2D eigenvalue weighted by molar-refractivity contribution is -0.138. The predicted octanol–water partition coefficient (Wildman–Crippen LogP) is 2.82. The number of hydrogen-bond donors (Lipinski definition) is 1. The number of nitrogens with one attached hydrogen (secondary N) is 1. The van der Waals surface area contributed by atoms with E-state index in [2.05, 4.69) is 39.9 Å². The third-order valence-corrected chi connectivity index (χ3v) is 3.75. The molecule has 1 aliphatic rings. The van der Waals surface area contributed by atoms with Crippen LogP contribution in [-0.2, 0) is 9.53 Å². The highest BCUT2D eigenvalue weighted by molar-refractivity contribution is 5.82. The highest BCUT2D eigenvalue weighted by Gasteiger charge is 2.28. The molecule has 0 aromatic carbocycles. The minimum absolute atomic E-state index is 0.0370. The standard InChI is InChI=1S/C17H34N2O2/c1-14(2)8-6-7-9-15(18-17(3,4)5)16(20)19-10-12-21-13-11-19/h14-15,18H,6-13H2,1-5H3. The van der Waals surface area contributed by atoms with Gasteiger partial charge >= 0.3 is 0 Å². The first-order valence-corrected chi connectivity index (χ1v) is 8.44. The van der Waals surface area contributed by atoms with Gasteiger partial charge in [0.25, 0.3) is 0 Å². The molecule has 21 heavy (non-hydrogen) atoms. The van der Waals surface area contributed by atoms with E-state index in [0.29, 0.717) is 13.2 Å². The normalized spacial score (nSPS) is 18.1. The zero-order valence-electron chi connectivity index (χ0n) is 14.6. The number of carbonyl (C=O) groups is 1. The Morgan fingerprint density at radius 2 is 1.71 bits per heavy atom. The van der Waals surface area contributed by atoms with Gasteiger partial charge in [-0.15, -0.1) is 0 Å². The van der Waals surface area contributed by atoms with Crippen molar-refractivity contribution in [2.45, 2.75) is 71.9 Å². The summed E-state index contributed by atoms with van der Waals surface area (Å²) in [4.78, 5) is 14.7. The first-order chi connectivity index (χ1) is 9.79. The van der Waals surface area contributed by atoms with E-state index in [1.807, 2.05) is 4.90 Å². The van der Waals surface area contributed by atoms with Crippen LogP contribution in [0.25, 0.3) is 0 Å². The third-order valence-electron chi connectivity index (χ3n) is 3.75. The van der Waals surface area contributed by atoms with E-state index >= 15 is 0 Å². The molecule has 0 saturated carbocycles. The van der Waals surface area contributed by atoms with Crippen LogP contribution in [0.4, 0.5) is 0 Å². The van der Waals surface area contributed by atoms with Crippen LogP contribution >= 0.6 is 0 Å². The lowest BCUT2D eigenvalue weighted by atomic mass is 9.99. The summed E-state index contributed by atoms with van der Waals surface area (Å²) in [6.45, 7) is 13.7. The molecule has 1 heterocycles. The van der Waals surface area contributed by atoms with E-state index in [4.69, 9.17) is 4.74 Å². The number of unbranched alkanes of at least 4 members (excludes halogenated alkanes) is 1. The summed E-state index contributed by atoms with van der Waals surface area (Å²) in [5.41, 5.74) is -0.0370. The van der Waals surface area contributed by atoms with E-state index in [1.165, 1.54) is 12.8 Å². The topological polar surface area (TPSA) is 41.6 Å². The average Bonchev–Trinajstić information content (AvgIpc) is 2.41. The van der Waals surface area contributed by atoms with Gasteiger partial charge in [-0.05, 0) is 33.1 Å². The molecule has 0 bridgehead atoms. The number of rotatable bonds is 7. The summed E-state index contributed by atoms with van der Waals surface area (Å²) in [6, 6.07) is -0.0599. The molecule has 1 rings (SSSR count). The zero-order valence-corrected chi connectivity index (χ0v) is 14.6. The SMILES string of the molecule is CC(C)CCCCC(NC(C)(C)C)C(=O)N1CCOCC1. The Morgan fingerprint density at radius 3 is 2.24 bits per heavy atom. The molecule has 0 aliphatic carbocycles. The van der Waals surface area contributed by atoms with E-state index < -0.39 is 0 Å². The highest BCUT2D eigenvalue weighted by Crippen LogP contribution is 2.14. The Morgan fingerprint density at radius 1 is 1.14 bits per heavy atom. The first-order valence-electron chi connectivity index (χ1n) is 8.44. The van der Waals surface area contributed by atoms with Crippen molar-refractivity contribution in [3.05, 3.63) is 0 Å². The van der Waals surface area contributed by atoms with Crippen LogP contribution in [-0.4, -0.2) is 48.7 Å². The van der Waals surface area contributed by atoms with Gasteiger partial charge in [0.1, 0.15) is 0 Å². The monoisotopic (exact) mass is 298 g/mol. The molecule has 1 amide bonds. The van der Waals surface area contributed by atoms with Crippen LogP contribution in [0.15, 0.2) is 0 Å². The third kappa shape index (κ3) is 7.82. The van der Waals surface area contributed by atoms with E-state index in [0.717, 1.165) is 31.8 Å². The van der Waals surface area contributed by atoms with Gasteiger partial charge in [-0.2, -0.15) is 0 Å². The van der Waals surface area contributed by atoms with Crippen molar-refractivity contribution in [2.75, 3.05) is 26.3 Å². The maximum absolute atomic E-state index is 12.7. The van der Waals surface area contributed by atoms with Crippen molar-refractivity contribution in [3.8, 4) is 0 Å². The smallest absolute Gasteiger partial charge is 0.239 e. The Balaban J connectivity index is 2.52. The molecule has 4 heteroatoms. The van der Waals surface area contributed by atoms with Crippen LogP contribution in [0, 0.1) is 5.92 Å². The van der Waals surface area contributed by atoms with Gasteiger partial charge in [-0.25, -0.2) is 0 Å². The van der Waals surface area contributed by atoms with Crippen molar-refractivity contribution in [1.29, 1.82) is 0 Å². The van der Waals surface area contributed by atoms with Crippen LogP contribution < -0.4 is 5.32 Å². The molecule has 0 aromatic heterocycles. The summed E-state index contributed by atoms with van der Waals surface area (Å²) >= 11 is 0. The molecule has 1 aliphatic heterocycles. The number of hydrogen-bond acceptors (Lipinski definition) is 3. The maximum Gasteiger partial charge on any atom is 0.239 e. The Bertz CT molecular complexity index is 304. The summed E-state index contributed by atoms with van der Waals surface area (Å²) in [5.74, 6) is 0.992. The molecule has 124 valence electrons. The Kier molecular flexibility index (Phi) is 7.67. The number of nitrogens with zero attached hydrogens (tertiary/aromatic N) is 1. The van der Waals surface area contributed by atoms with Gasteiger partial charge in [0.2, 0.25) is 5.91 Å². The largest absolute Gasteiger partial charge is 0.378 e. The fraction of sp³-hybridized carbons (Fsp3) is 0.941. The van der Waals surface area contributed by atoms with Gasteiger partial charge in [-0.1, -0.05) is 33.1 Å². The van der Waals surface area contributed by atoms with Crippen molar-refractivity contribution in [3.63, 3.8) is 0 Å². The van der Waals surface area contributed by atoms with Crippen LogP contribution in [0.1, 0.15) is 60.3 Å². The van der Waals surface area contributed by atoms with E-state index in [-0.39, 0.29) is 17.5 Å². The van der Waals surface area contributed by atoms with Gasteiger partial charge < -0.3 is 15.0 Å². The molecule has 4 nitrogen and oxygen atoms in total. The Hall–Kier alpha value is -0.610. The summed E-state index contributed by atoms with van der Waals surface area (Å²) in [5, 5.41) is 3.51. The highest BCUT2D eigenvalue weighted by atomic mass is 16.5. The summed E-state index contributed by atoms with van der Waals surface area (Å²) < 4.78 is 5.34. The fourth-order valence-electron chi connectivity index (χ4n) is 2.69. The van der Waals surface area contributed by atoms with Crippen molar-refractivity contribution < 1.29 is 9.53 Å². The summed E-state index contributed by atoms with van der Waals surface area (Å²) in [6.07, 6.45) is 4.49. The van der Waals surface area contributed by atoms with Gasteiger partial charge in [-0.3, -0.25) is 4.79 Å². The molecule has 1 N–H and O–H groups in total. The Labute approximate surface area is 130 Å². The molecule has 1 fully saturated rings. The molecule has 0 spiro atoms. The number of morpholine rings is 1. The second-order valence-electron chi connectivity index (χ2n) is 7.56. The minimum atomic E-state index is -0.0599. The molecule has 1 saturated heterocycles. The summed E-state index contributed by atoms with van der Waals surface area (Å²) in [7, 11) is 0. The maximum atomic E-state index is 12.7. The second-order valence-corrected chi connectivity index (χ2v) is 7.56. The molecule has 0 aromatic rings. The predicted molar refractivity (Wildman–Crippen MR) is 87.4 cm³/mol. The van der Waals surface area contributed by atoms with Crippen molar-refractivity contribution in [2.24, 2.45) is 5.92 Å². The first kappa shape index (κ1) is 18.4. The lowest BCUT2D eigenvalue weighted by Gasteiger charge is -2.34. The van der Waals surface area contributed by atoms with Crippen LogP contribution in [0.2, 0.25) is 0 Å². The van der Waals surface area contributed by atoms with Crippen molar-refractivity contribution >= 4 is 5.91 Å². The fourth-order valence-corrected chi connectivity index (χ4v) is 2.69. The molecular weight excluding hydrogens is 264 g/mol. The number of carbonyl (C=O) groups excluding carboxylic acids is 1. The van der Waals surface area contributed by atoms with Gasteiger partial charge in [0.15, 0.2) is 0 Å². The molecule has 1 unspecified atom stereocenters. The van der Waals surface area contributed by atoms with Crippen LogP contribution in [0.5, 0.6) is 0 Å². The van der Waals surface area contributed by atoms with Crippen molar-refractivity contribution in [1.82, 2.24) is 10.2 Å². The zero-order chi connectivity index (χ0) is 15.9. The lowest BCUT2D eigenvalue weighted by Crippen LogP contribution is -2.54. The second kappa shape index (κ2) is 8.74. The minimum Gasteiger partial charge on any atom is -0.378 e. The van der Waals surface area contributed by atoms with Crippen LogP contribution in [0.3, 0.4) is 0 Å². The van der Waals surface area contributed by atoms with Gasteiger partial charge in [0, 0.05) is 18.6 Å².